The molecule has 22 heavy (non-hydrogen) atoms. The highest BCUT2D eigenvalue weighted by Crippen LogP contribution is 2.08. The van der Waals surface area contributed by atoms with Crippen molar-refractivity contribution in [3.8, 4) is 0 Å². The van der Waals surface area contributed by atoms with Crippen LogP contribution in [0.1, 0.15) is 18.4 Å². The van der Waals surface area contributed by atoms with E-state index in [-0.39, 0.29) is 24.4 Å². The van der Waals surface area contributed by atoms with Crippen LogP contribution in [0.3, 0.4) is 0 Å². The SMILES string of the molecule is Cl.N[C@@H](Cc1ccccc1)C(=O)NCCCOC1CCOC1. The topological polar surface area (TPSA) is 73.6 Å². The Morgan fingerprint density at radius 1 is 1.41 bits per heavy atom. The van der Waals surface area contributed by atoms with Crippen molar-refractivity contribution in [3.63, 3.8) is 0 Å². The van der Waals surface area contributed by atoms with Crippen molar-refractivity contribution in [1.29, 1.82) is 0 Å². The summed E-state index contributed by atoms with van der Waals surface area (Å²) in [4.78, 5) is 11.9. The molecule has 1 aromatic carbocycles. The Labute approximate surface area is 138 Å². The van der Waals surface area contributed by atoms with Crippen LogP contribution in [0.15, 0.2) is 30.3 Å². The van der Waals surface area contributed by atoms with E-state index in [2.05, 4.69) is 5.32 Å². The minimum absolute atomic E-state index is 0. The van der Waals surface area contributed by atoms with Gasteiger partial charge in [-0.1, -0.05) is 30.3 Å². The van der Waals surface area contributed by atoms with Gasteiger partial charge in [-0.15, -0.1) is 12.4 Å². The molecule has 6 heteroatoms. The number of halogens is 1. The molecule has 124 valence electrons. The summed E-state index contributed by atoms with van der Waals surface area (Å²) < 4.78 is 10.9. The van der Waals surface area contributed by atoms with Gasteiger partial charge in [0.2, 0.25) is 5.91 Å². The molecule has 3 N–H and O–H groups in total. The molecule has 5 nitrogen and oxygen atoms in total. The number of benzene rings is 1. The van der Waals surface area contributed by atoms with Crippen molar-refractivity contribution in [2.75, 3.05) is 26.4 Å². The van der Waals surface area contributed by atoms with Gasteiger partial charge in [0.05, 0.1) is 18.8 Å². The summed E-state index contributed by atoms with van der Waals surface area (Å²) in [5.74, 6) is -0.108. The number of ether oxygens (including phenoxy) is 2. The molecule has 0 aliphatic carbocycles. The molecule has 1 aliphatic rings. The summed E-state index contributed by atoms with van der Waals surface area (Å²) in [6.45, 7) is 2.71. The van der Waals surface area contributed by atoms with Crippen LogP contribution < -0.4 is 11.1 Å². The van der Waals surface area contributed by atoms with Gasteiger partial charge in [0.15, 0.2) is 0 Å². The summed E-state index contributed by atoms with van der Waals surface area (Å²) in [5, 5.41) is 2.85. The van der Waals surface area contributed by atoms with Crippen LogP contribution in [0.5, 0.6) is 0 Å². The largest absolute Gasteiger partial charge is 0.379 e. The predicted octanol–water partition coefficient (Wildman–Crippen LogP) is 1.29. The standard InChI is InChI=1S/C16H24N2O3.ClH/c17-15(11-13-5-2-1-3-6-13)16(19)18-8-4-9-21-14-7-10-20-12-14;/h1-3,5-6,14-15H,4,7-12,17H2,(H,18,19);1H/t14?,15-;/m0./s1. The van der Waals surface area contributed by atoms with Crippen LogP contribution in [0, 0.1) is 0 Å². The van der Waals surface area contributed by atoms with E-state index in [9.17, 15) is 4.79 Å². The Morgan fingerprint density at radius 3 is 2.86 bits per heavy atom. The van der Waals surface area contributed by atoms with Crippen molar-refractivity contribution in [2.45, 2.75) is 31.4 Å². The Balaban J connectivity index is 0.00000242. The van der Waals surface area contributed by atoms with E-state index < -0.39 is 6.04 Å². The maximum absolute atomic E-state index is 11.9. The normalized spacial score (nSPS) is 18.5. The van der Waals surface area contributed by atoms with Gasteiger partial charge in [-0.3, -0.25) is 4.79 Å². The first-order valence-electron chi connectivity index (χ1n) is 7.52. The average molecular weight is 329 g/mol. The fourth-order valence-electron chi connectivity index (χ4n) is 2.27. The molecule has 1 heterocycles. The zero-order valence-corrected chi connectivity index (χ0v) is 13.5. The third-order valence-corrected chi connectivity index (χ3v) is 3.50. The molecule has 0 saturated carbocycles. The molecule has 1 aromatic rings. The highest BCUT2D eigenvalue weighted by molar-refractivity contribution is 5.85. The molecular formula is C16H25ClN2O3. The Morgan fingerprint density at radius 2 is 2.18 bits per heavy atom. The molecular weight excluding hydrogens is 304 g/mol. The van der Waals surface area contributed by atoms with Gasteiger partial charge >= 0.3 is 0 Å². The average Bonchev–Trinajstić information content (AvgIpc) is 3.01. The van der Waals surface area contributed by atoms with Gasteiger partial charge in [0, 0.05) is 19.8 Å². The van der Waals surface area contributed by atoms with E-state index in [0.29, 0.717) is 26.2 Å². The maximum Gasteiger partial charge on any atom is 0.237 e. The summed E-state index contributed by atoms with van der Waals surface area (Å²) >= 11 is 0. The van der Waals surface area contributed by atoms with Crippen LogP contribution in [-0.4, -0.2) is 44.4 Å². The lowest BCUT2D eigenvalue weighted by atomic mass is 10.1. The molecule has 1 fully saturated rings. The van der Waals surface area contributed by atoms with E-state index in [4.69, 9.17) is 15.2 Å². The lowest BCUT2D eigenvalue weighted by molar-refractivity contribution is -0.122. The van der Waals surface area contributed by atoms with Crippen LogP contribution in [-0.2, 0) is 20.7 Å². The zero-order valence-electron chi connectivity index (χ0n) is 12.7. The molecule has 1 amide bonds. The number of nitrogens with one attached hydrogen (secondary N) is 1. The molecule has 2 rings (SSSR count). The monoisotopic (exact) mass is 328 g/mol. The van der Waals surface area contributed by atoms with Crippen LogP contribution in [0.25, 0.3) is 0 Å². The fraction of sp³-hybridized carbons (Fsp3) is 0.562. The van der Waals surface area contributed by atoms with Gasteiger partial charge in [0.25, 0.3) is 0 Å². The number of amides is 1. The lowest BCUT2D eigenvalue weighted by Crippen LogP contribution is -2.42. The van der Waals surface area contributed by atoms with Gasteiger partial charge in [-0.2, -0.15) is 0 Å². The molecule has 1 aliphatic heterocycles. The highest BCUT2D eigenvalue weighted by atomic mass is 35.5. The third kappa shape index (κ3) is 6.75. The van der Waals surface area contributed by atoms with Gasteiger partial charge < -0.3 is 20.5 Å². The number of hydrogen-bond donors (Lipinski definition) is 2. The molecule has 0 bridgehead atoms. The Bertz CT molecular complexity index is 425. The molecule has 1 saturated heterocycles. The molecule has 1 unspecified atom stereocenters. The first kappa shape index (κ1) is 18.9. The minimum Gasteiger partial charge on any atom is -0.379 e. The minimum atomic E-state index is -0.503. The number of carbonyl (C=O) groups excluding carboxylic acids is 1. The summed E-state index contributed by atoms with van der Waals surface area (Å²) in [7, 11) is 0. The smallest absolute Gasteiger partial charge is 0.237 e. The number of hydrogen-bond acceptors (Lipinski definition) is 4. The Kier molecular flexibility index (Phi) is 9.08. The maximum atomic E-state index is 11.9. The van der Waals surface area contributed by atoms with Gasteiger partial charge in [-0.05, 0) is 24.8 Å². The second kappa shape index (κ2) is 10.6. The highest BCUT2D eigenvalue weighted by Gasteiger charge is 2.16. The van der Waals surface area contributed by atoms with Crippen molar-refractivity contribution >= 4 is 18.3 Å². The van der Waals surface area contributed by atoms with E-state index >= 15 is 0 Å². The first-order chi connectivity index (χ1) is 10.3. The van der Waals surface area contributed by atoms with Crippen LogP contribution in [0.2, 0.25) is 0 Å². The van der Waals surface area contributed by atoms with E-state index in [1.165, 1.54) is 0 Å². The fourth-order valence-corrected chi connectivity index (χ4v) is 2.27. The lowest BCUT2D eigenvalue weighted by Gasteiger charge is -2.13. The molecule has 2 atom stereocenters. The van der Waals surface area contributed by atoms with E-state index in [1.807, 2.05) is 30.3 Å². The number of carbonyl (C=O) groups is 1. The quantitative estimate of drug-likeness (QED) is 0.705. The van der Waals surface area contributed by atoms with Crippen LogP contribution >= 0.6 is 12.4 Å². The summed E-state index contributed by atoms with van der Waals surface area (Å²) in [6, 6.07) is 9.30. The van der Waals surface area contributed by atoms with Crippen molar-refractivity contribution in [3.05, 3.63) is 35.9 Å². The molecule has 0 spiro atoms. The second-order valence-corrected chi connectivity index (χ2v) is 5.30. The Hall–Kier alpha value is -1.14. The first-order valence-corrected chi connectivity index (χ1v) is 7.52. The van der Waals surface area contributed by atoms with Gasteiger partial charge in [-0.25, -0.2) is 0 Å². The second-order valence-electron chi connectivity index (χ2n) is 5.30. The van der Waals surface area contributed by atoms with Crippen molar-refractivity contribution in [1.82, 2.24) is 5.32 Å². The summed E-state index contributed by atoms with van der Waals surface area (Å²) in [6.07, 6.45) is 2.54. The molecule has 0 radical (unpaired) electrons. The van der Waals surface area contributed by atoms with Crippen molar-refractivity contribution in [2.24, 2.45) is 5.73 Å². The third-order valence-electron chi connectivity index (χ3n) is 3.50. The van der Waals surface area contributed by atoms with Gasteiger partial charge in [0.1, 0.15) is 0 Å². The van der Waals surface area contributed by atoms with Crippen molar-refractivity contribution < 1.29 is 14.3 Å². The van der Waals surface area contributed by atoms with E-state index in [1.54, 1.807) is 0 Å². The summed E-state index contributed by atoms with van der Waals surface area (Å²) in [5.41, 5.74) is 6.98. The molecule has 0 aromatic heterocycles. The predicted molar refractivity (Wildman–Crippen MR) is 88.2 cm³/mol. The van der Waals surface area contributed by atoms with E-state index in [0.717, 1.165) is 25.0 Å². The number of rotatable bonds is 8. The van der Waals surface area contributed by atoms with Crippen LogP contribution in [0.4, 0.5) is 0 Å². The number of nitrogens with two attached hydrogens (primary N) is 1. The zero-order chi connectivity index (χ0) is 14.9.